The second kappa shape index (κ2) is 10.7. The molecule has 4 rings (SSSR count). The van der Waals surface area contributed by atoms with E-state index in [1.54, 1.807) is 24.3 Å². The van der Waals surface area contributed by atoms with Crippen LogP contribution >= 0.6 is 39.0 Å². The summed E-state index contributed by atoms with van der Waals surface area (Å²) in [5.74, 6) is -1.11. The van der Waals surface area contributed by atoms with Gasteiger partial charge in [-0.2, -0.15) is 0 Å². The second-order valence-electron chi connectivity index (χ2n) is 6.84. The van der Waals surface area contributed by atoms with Crippen molar-refractivity contribution >= 4 is 61.7 Å². The van der Waals surface area contributed by atoms with Crippen LogP contribution in [0.3, 0.4) is 0 Å². The molecular weight excluding hydrogens is 525 g/mol. The Balaban J connectivity index is 1.32. The summed E-state index contributed by atoms with van der Waals surface area (Å²) in [5.41, 5.74) is 2.26. The molecule has 0 radical (unpaired) electrons. The van der Waals surface area contributed by atoms with Crippen molar-refractivity contribution in [1.29, 1.82) is 0 Å². The zero-order chi connectivity index (χ0) is 23.2. The van der Waals surface area contributed by atoms with Crippen LogP contribution in [0.1, 0.15) is 10.4 Å². The monoisotopic (exact) mass is 541 g/mol. The van der Waals surface area contributed by atoms with E-state index in [0.29, 0.717) is 10.8 Å². The number of thiazole rings is 1. The largest absolute Gasteiger partial charge is 0.322 e. The van der Waals surface area contributed by atoms with Crippen LogP contribution in [-0.2, 0) is 4.79 Å². The van der Waals surface area contributed by atoms with Gasteiger partial charge in [-0.25, -0.2) is 9.37 Å². The lowest BCUT2D eigenvalue weighted by Gasteiger charge is -2.08. The van der Waals surface area contributed by atoms with Crippen LogP contribution in [0, 0.1) is 5.82 Å². The molecule has 0 spiro atoms. The minimum absolute atomic E-state index is 0.0270. The van der Waals surface area contributed by atoms with Crippen LogP contribution in [0.25, 0.3) is 11.3 Å². The Morgan fingerprint density at radius 2 is 1.79 bits per heavy atom. The minimum Gasteiger partial charge on any atom is -0.322 e. The van der Waals surface area contributed by atoms with Gasteiger partial charge in [-0.05, 0) is 42.5 Å². The molecular formula is C24H17BrFN3O2S2. The van der Waals surface area contributed by atoms with Crippen LogP contribution in [0.4, 0.5) is 15.2 Å². The summed E-state index contributed by atoms with van der Waals surface area (Å²) in [7, 11) is 0. The number of amides is 2. The Kier molecular flexibility index (Phi) is 7.54. The highest BCUT2D eigenvalue weighted by Crippen LogP contribution is 2.27. The summed E-state index contributed by atoms with van der Waals surface area (Å²) in [5, 5.41) is 7.93. The lowest BCUT2D eigenvalue weighted by molar-refractivity contribution is -0.113. The molecule has 2 N–H and O–H groups in total. The highest BCUT2D eigenvalue weighted by molar-refractivity contribution is 9.10. The molecule has 0 aliphatic rings. The SMILES string of the molecule is O=C(CSc1cccc(NC(=O)c2ccccc2F)c1)Nc1nc(-c2ccc(Br)cc2)cs1. The molecule has 9 heteroatoms. The van der Waals surface area contributed by atoms with E-state index in [1.165, 1.54) is 41.3 Å². The third-order valence-corrected chi connectivity index (χ3v) is 6.75. The van der Waals surface area contributed by atoms with Crippen molar-refractivity contribution in [2.75, 3.05) is 16.4 Å². The maximum Gasteiger partial charge on any atom is 0.258 e. The number of thioether (sulfide) groups is 1. The van der Waals surface area contributed by atoms with Crippen molar-refractivity contribution in [3.8, 4) is 11.3 Å². The Morgan fingerprint density at radius 3 is 2.58 bits per heavy atom. The van der Waals surface area contributed by atoms with Gasteiger partial charge in [-0.15, -0.1) is 23.1 Å². The Morgan fingerprint density at radius 1 is 1.00 bits per heavy atom. The van der Waals surface area contributed by atoms with E-state index in [9.17, 15) is 14.0 Å². The molecule has 0 fully saturated rings. The van der Waals surface area contributed by atoms with Crippen LogP contribution in [-0.4, -0.2) is 22.6 Å². The maximum absolute atomic E-state index is 13.8. The topological polar surface area (TPSA) is 71.1 Å². The van der Waals surface area contributed by atoms with Crippen molar-refractivity contribution in [2.45, 2.75) is 4.90 Å². The molecule has 5 nitrogen and oxygen atoms in total. The predicted octanol–water partition coefficient (Wildman–Crippen LogP) is 6.69. The van der Waals surface area contributed by atoms with Crippen molar-refractivity contribution in [3.63, 3.8) is 0 Å². The molecule has 0 saturated heterocycles. The average molecular weight is 542 g/mol. The number of hydrogen-bond acceptors (Lipinski definition) is 5. The highest BCUT2D eigenvalue weighted by atomic mass is 79.9. The Bertz CT molecular complexity index is 1290. The van der Waals surface area contributed by atoms with Gasteiger partial charge < -0.3 is 10.6 Å². The fourth-order valence-electron chi connectivity index (χ4n) is 2.90. The van der Waals surface area contributed by atoms with Crippen molar-refractivity contribution in [2.24, 2.45) is 0 Å². The number of carbonyl (C=O) groups excluding carboxylic acids is 2. The minimum atomic E-state index is -0.581. The highest BCUT2D eigenvalue weighted by Gasteiger charge is 2.12. The molecule has 0 aliphatic carbocycles. The third-order valence-electron chi connectivity index (χ3n) is 4.47. The zero-order valence-electron chi connectivity index (χ0n) is 17.0. The molecule has 0 aliphatic heterocycles. The standard InChI is InChI=1S/C24H17BrFN3O2S2/c25-16-10-8-15(9-11-16)21-13-33-24(28-21)29-22(30)14-32-18-5-3-4-17(12-18)27-23(31)19-6-1-2-7-20(19)26/h1-13H,14H2,(H,27,31)(H,28,29,30). The van der Waals surface area contributed by atoms with Crippen LogP contribution in [0.2, 0.25) is 0 Å². The van der Waals surface area contributed by atoms with Gasteiger partial charge in [0.2, 0.25) is 5.91 Å². The van der Waals surface area contributed by atoms with Crippen molar-refractivity contribution < 1.29 is 14.0 Å². The fraction of sp³-hybridized carbons (Fsp3) is 0.0417. The quantitative estimate of drug-likeness (QED) is 0.255. The number of hydrogen-bond donors (Lipinski definition) is 2. The number of anilines is 2. The molecule has 0 bridgehead atoms. The lowest BCUT2D eigenvalue weighted by Crippen LogP contribution is -2.14. The van der Waals surface area contributed by atoms with E-state index in [2.05, 4.69) is 31.5 Å². The lowest BCUT2D eigenvalue weighted by atomic mass is 10.2. The third kappa shape index (κ3) is 6.28. The first-order valence-corrected chi connectivity index (χ1v) is 12.4. The summed E-state index contributed by atoms with van der Waals surface area (Å²) in [6, 6.07) is 20.7. The van der Waals surface area contributed by atoms with Gasteiger partial charge in [0.15, 0.2) is 5.13 Å². The molecule has 2 amide bonds. The number of benzene rings is 3. The van der Waals surface area contributed by atoms with Gasteiger partial charge in [0.1, 0.15) is 5.82 Å². The summed E-state index contributed by atoms with van der Waals surface area (Å²) in [6.45, 7) is 0. The van der Waals surface area contributed by atoms with Crippen molar-refractivity contribution in [1.82, 2.24) is 4.98 Å². The Labute approximate surface area is 206 Å². The molecule has 4 aromatic rings. The maximum atomic E-state index is 13.8. The summed E-state index contributed by atoms with van der Waals surface area (Å²) >= 11 is 6.10. The first-order valence-electron chi connectivity index (χ1n) is 9.78. The Hall–Kier alpha value is -3.01. The van der Waals surface area contributed by atoms with Crippen LogP contribution in [0.5, 0.6) is 0 Å². The molecule has 3 aromatic carbocycles. The zero-order valence-corrected chi connectivity index (χ0v) is 20.3. The number of nitrogens with zero attached hydrogens (tertiary/aromatic N) is 1. The average Bonchev–Trinajstić information content (AvgIpc) is 3.27. The molecule has 0 atom stereocenters. The number of halogens is 2. The number of carbonyl (C=O) groups is 2. The number of aromatic nitrogens is 1. The van der Waals surface area contributed by atoms with E-state index in [0.717, 1.165) is 20.6 Å². The molecule has 0 saturated carbocycles. The van der Waals surface area contributed by atoms with Gasteiger partial charge >= 0.3 is 0 Å². The molecule has 1 heterocycles. The molecule has 1 aromatic heterocycles. The predicted molar refractivity (Wildman–Crippen MR) is 135 cm³/mol. The molecule has 166 valence electrons. The van der Waals surface area contributed by atoms with Gasteiger partial charge in [0.25, 0.3) is 5.91 Å². The van der Waals surface area contributed by atoms with E-state index in [-0.39, 0.29) is 17.2 Å². The number of rotatable bonds is 7. The van der Waals surface area contributed by atoms with Gasteiger partial charge in [0.05, 0.1) is 17.0 Å². The summed E-state index contributed by atoms with van der Waals surface area (Å²) < 4.78 is 14.8. The van der Waals surface area contributed by atoms with Gasteiger partial charge in [-0.3, -0.25) is 9.59 Å². The first-order chi connectivity index (χ1) is 16.0. The normalized spacial score (nSPS) is 10.6. The van der Waals surface area contributed by atoms with Crippen LogP contribution < -0.4 is 10.6 Å². The van der Waals surface area contributed by atoms with E-state index >= 15 is 0 Å². The fourth-order valence-corrected chi connectivity index (χ4v) is 4.65. The van der Waals surface area contributed by atoms with Crippen LogP contribution in [0.15, 0.2) is 87.5 Å². The van der Waals surface area contributed by atoms with Gasteiger partial charge in [0, 0.05) is 26.0 Å². The number of nitrogens with one attached hydrogen (secondary N) is 2. The van der Waals surface area contributed by atoms with E-state index in [4.69, 9.17) is 0 Å². The summed E-state index contributed by atoms with van der Waals surface area (Å²) in [6.07, 6.45) is 0. The smallest absolute Gasteiger partial charge is 0.258 e. The first kappa shape index (κ1) is 23.2. The van der Waals surface area contributed by atoms with E-state index in [1.807, 2.05) is 35.7 Å². The molecule has 0 unspecified atom stereocenters. The van der Waals surface area contributed by atoms with Gasteiger partial charge in [-0.1, -0.05) is 46.3 Å². The molecule has 33 heavy (non-hydrogen) atoms. The van der Waals surface area contributed by atoms with E-state index < -0.39 is 11.7 Å². The second-order valence-corrected chi connectivity index (χ2v) is 9.67. The summed E-state index contributed by atoms with van der Waals surface area (Å²) in [4.78, 5) is 30.0. The van der Waals surface area contributed by atoms with Crippen molar-refractivity contribution in [3.05, 3.63) is 94.0 Å².